The number of rotatable bonds is 4. The van der Waals surface area contributed by atoms with Crippen molar-refractivity contribution < 1.29 is 17.7 Å². The van der Waals surface area contributed by atoms with Gasteiger partial charge < -0.3 is 9.31 Å². The Balaban J connectivity index is 1.82. The minimum absolute atomic E-state index is 0.422. The molecule has 1 aliphatic carbocycles. The molecule has 0 atom stereocenters. The Bertz CT molecular complexity index is 709. The van der Waals surface area contributed by atoms with Crippen molar-refractivity contribution in [2.75, 3.05) is 4.72 Å². The Morgan fingerprint density at radius 2 is 1.61 bits per heavy atom. The van der Waals surface area contributed by atoms with E-state index in [0.29, 0.717) is 18.5 Å². The fourth-order valence-electron chi connectivity index (χ4n) is 2.45. The highest BCUT2D eigenvalue weighted by molar-refractivity contribution is 7.94. The molecule has 1 aromatic carbocycles. The molecule has 0 amide bonds. The van der Waals surface area contributed by atoms with Gasteiger partial charge in [-0.15, -0.1) is 0 Å². The Morgan fingerprint density at radius 1 is 1.04 bits per heavy atom. The molecule has 1 aliphatic heterocycles. The van der Waals surface area contributed by atoms with Crippen LogP contribution in [-0.4, -0.2) is 31.5 Å². The van der Waals surface area contributed by atoms with Crippen LogP contribution < -0.4 is 10.2 Å². The molecule has 1 aromatic rings. The summed E-state index contributed by atoms with van der Waals surface area (Å²) in [4.78, 5) is 0. The molecule has 23 heavy (non-hydrogen) atoms. The molecule has 0 aromatic heterocycles. The minimum Gasteiger partial charge on any atom is -0.399 e. The lowest BCUT2D eigenvalue weighted by Gasteiger charge is -2.32. The molecular formula is C16H24BNO4S. The standard InChI is InChI=1S/C16H24BNO4S/c1-14(2)15(3,4)22-17(21-14)12-7-6-8-13(11-12)18-23(19,20)16(5)9-10-16/h6-8,11,18H,9-10H2,1-5H3. The molecule has 2 aliphatic rings. The molecule has 7 heteroatoms. The van der Waals surface area contributed by atoms with Crippen molar-refractivity contribution >= 4 is 28.3 Å². The van der Waals surface area contributed by atoms with Gasteiger partial charge in [0.15, 0.2) is 0 Å². The lowest BCUT2D eigenvalue weighted by Crippen LogP contribution is -2.41. The van der Waals surface area contributed by atoms with Crippen LogP contribution in [-0.2, 0) is 19.3 Å². The SMILES string of the molecule is CC1(C)OB(c2cccc(NS(=O)(=O)C3(C)CC3)c2)OC1(C)C. The zero-order chi connectivity index (χ0) is 17.1. The Morgan fingerprint density at radius 3 is 2.13 bits per heavy atom. The molecule has 0 bridgehead atoms. The summed E-state index contributed by atoms with van der Waals surface area (Å²) >= 11 is 0. The topological polar surface area (TPSA) is 64.6 Å². The predicted octanol–water partition coefficient (Wildman–Crippen LogP) is 2.28. The molecule has 0 spiro atoms. The quantitative estimate of drug-likeness (QED) is 0.856. The predicted molar refractivity (Wildman–Crippen MR) is 92.3 cm³/mol. The molecule has 1 saturated heterocycles. The summed E-state index contributed by atoms with van der Waals surface area (Å²) in [7, 11) is -3.86. The van der Waals surface area contributed by atoms with Crippen LogP contribution in [0.15, 0.2) is 24.3 Å². The molecule has 0 radical (unpaired) electrons. The zero-order valence-corrected chi connectivity index (χ0v) is 15.2. The second-order valence-corrected chi connectivity index (χ2v) is 9.97. The number of sulfonamides is 1. The summed E-state index contributed by atoms with van der Waals surface area (Å²) in [6, 6.07) is 7.23. The van der Waals surface area contributed by atoms with Gasteiger partial charge in [-0.3, -0.25) is 4.72 Å². The lowest BCUT2D eigenvalue weighted by atomic mass is 9.79. The molecule has 126 valence electrons. The Kier molecular flexibility index (Phi) is 3.63. The third-order valence-corrected chi connectivity index (χ3v) is 7.48. The molecule has 0 unspecified atom stereocenters. The fourth-order valence-corrected chi connectivity index (χ4v) is 3.77. The van der Waals surface area contributed by atoms with E-state index in [4.69, 9.17) is 9.31 Å². The van der Waals surface area contributed by atoms with Gasteiger partial charge in [-0.1, -0.05) is 12.1 Å². The number of benzene rings is 1. The van der Waals surface area contributed by atoms with Gasteiger partial charge in [0.2, 0.25) is 10.0 Å². The first kappa shape index (κ1) is 16.8. The summed E-state index contributed by atoms with van der Waals surface area (Å²) in [6.07, 6.45) is 1.42. The average Bonchev–Trinajstić information content (AvgIpc) is 3.12. The van der Waals surface area contributed by atoms with Crippen molar-refractivity contribution in [2.24, 2.45) is 0 Å². The van der Waals surface area contributed by atoms with Gasteiger partial charge in [0.1, 0.15) is 0 Å². The van der Waals surface area contributed by atoms with Gasteiger partial charge in [-0.2, -0.15) is 0 Å². The van der Waals surface area contributed by atoms with Gasteiger partial charge >= 0.3 is 7.12 Å². The fraction of sp³-hybridized carbons (Fsp3) is 0.625. The van der Waals surface area contributed by atoms with Gasteiger partial charge in [0.05, 0.1) is 15.9 Å². The van der Waals surface area contributed by atoms with E-state index in [0.717, 1.165) is 5.46 Å². The second-order valence-electron chi connectivity index (χ2n) is 7.77. The van der Waals surface area contributed by atoms with Crippen LogP contribution in [0.25, 0.3) is 0 Å². The Hall–Kier alpha value is -1.05. The van der Waals surface area contributed by atoms with Crippen LogP contribution in [0.4, 0.5) is 5.69 Å². The van der Waals surface area contributed by atoms with E-state index >= 15 is 0 Å². The van der Waals surface area contributed by atoms with E-state index in [1.165, 1.54) is 0 Å². The molecule has 5 nitrogen and oxygen atoms in total. The van der Waals surface area contributed by atoms with Gasteiger partial charge in [0.25, 0.3) is 0 Å². The van der Waals surface area contributed by atoms with Crippen LogP contribution in [0.5, 0.6) is 0 Å². The molecule has 1 heterocycles. The number of nitrogens with one attached hydrogen (secondary N) is 1. The van der Waals surface area contributed by atoms with E-state index in [1.54, 1.807) is 19.1 Å². The number of hydrogen-bond donors (Lipinski definition) is 1. The van der Waals surface area contributed by atoms with Crippen molar-refractivity contribution in [3.63, 3.8) is 0 Å². The molecule has 2 fully saturated rings. The first-order valence-electron chi connectivity index (χ1n) is 7.94. The van der Waals surface area contributed by atoms with Gasteiger partial charge in [-0.05, 0) is 65.1 Å². The van der Waals surface area contributed by atoms with Crippen LogP contribution in [0.3, 0.4) is 0 Å². The van der Waals surface area contributed by atoms with Crippen molar-refractivity contribution in [1.29, 1.82) is 0 Å². The normalized spacial score (nSPS) is 24.5. The summed E-state index contributed by atoms with van der Waals surface area (Å²) in [5.74, 6) is 0. The molecule has 1 N–H and O–H groups in total. The highest BCUT2D eigenvalue weighted by Gasteiger charge is 2.52. The maximum absolute atomic E-state index is 12.3. The summed E-state index contributed by atoms with van der Waals surface area (Å²) in [5.41, 5.74) is 0.513. The summed E-state index contributed by atoms with van der Waals surface area (Å²) in [6.45, 7) is 9.75. The van der Waals surface area contributed by atoms with E-state index in [9.17, 15) is 8.42 Å². The highest BCUT2D eigenvalue weighted by Crippen LogP contribution is 2.43. The largest absolute Gasteiger partial charge is 0.494 e. The summed E-state index contributed by atoms with van der Waals surface area (Å²) in [5, 5.41) is 0. The number of anilines is 1. The third kappa shape index (κ3) is 2.90. The van der Waals surface area contributed by atoms with Crippen molar-refractivity contribution in [3.05, 3.63) is 24.3 Å². The van der Waals surface area contributed by atoms with Crippen LogP contribution in [0.2, 0.25) is 0 Å². The molecular weight excluding hydrogens is 313 g/mol. The van der Waals surface area contributed by atoms with Crippen LogP contribution in [0, 0.1) is 0 Å². The van der Waals surface area contributed by atoms with E-state index in [2.05, 4.69) is 4.72 Å². The third-order valence-electron chi connectivity index (χ3n) is 5.27. The van der Waals surface area contributed by atoms with Crippen molar-refractivity contribution in [1.82, 2.24) is 0 Å². The lowest BCUT2D eigenvalue weighted by molar-refractivity contribution is 0.00578. The van der Waals surface area contributed by atoms with E-state index < -0.39 is 33.1 Å². The number of hydrogen-bond acceptors (Lipinski definition) is 4. The maximum atomic E-state index is 12.3. The molecule has 1 saturated carbocycles. The van der Waals surface area contributed by atoms with Crippen molar-refractivity contribution in [3.8, 4) is 0 Å². The van der Waals surface area contributed by atoms with E-state index in [1.807, 2.05) is 39.8 Å². The first-order valence-corrected chi connectivity index (χ1v) is 9.42. The van der Waals surface area contributed by atoms with E-state index in [-0.39, 0.29) is 0 Å². The second kappa shape index (κ2) is 4.97. The van der Waals surface area contributed by atoms with Gasteiger partial charge in [0, 0.05) is 5.69 Å². The average molecular weight is 337 g/mol. The maximum Gasteiger partial charge on any atom is 0.494 e. The summed E-state index contributed by atoms with van der Waals surface area (Å²) < 4.78 is 38.8. The zero-order valence-electron chi connectivity index (χ0n) is 14.3. The highest BCUT2D eigenvalue weighted by atomic mass is 32.2. The van der Waals surface area contributed by atoms with Crippen LogP contribution >= 0.6 is 0 Å². The van der Waals surface area contributed by atoms with Crippen LogP contribution in [0.1, 0.15) is 47.5 Å². The first-order chi connectivity index (χ1) is 10.5. The van der Waals surface area contributed by atoms with Gasteiger partial charge in [-0.25, -0.2) is 8.42 Å². The Labute approximate surface area is 138 Å². The smallest absolute Gasteiger partial charge is 0.399 e. The monoisotopic (exact) mass is 337 g/mol. The minimum atomic E-state index is -3.36. The molecule has 3 rings (SSSR count). The van der Waals surface area contributed by atoms with Crippen molar-refractivity contribution in [2.45, 2.75) is 63.4 Å².